The largest absolute Gasteiger partial charge is 0.487 e. The summed E-state index contributed by atoms with van der Waals surface area (Å²) in [4.78, 5) is 28.1. The van der Waals surface area contributed by atoms with Gasteiger partial charge in [0.25, 0.3) is 0 Å². The van der Waals surface area contributed by atoms with Crippen molar-refractivity contribution in [2.24, 2.45) is 0 Å². The Morgan fingerprint density at radius 3 is 2.50 bits per heavy atom. The highest BCUT2D eigenvalue weighted by Crippen LogP contribution is 2.16. The number of nitrogens with zero attached hydrogens (tertiary/aromatic N) is 1. The number of carbonyl (C=O) groups is 2. The summed E-state index contributed by atoms with van der Waals surface area (Å²) in [6.07, 6.45) is 3.79. The maximum Gasteiger partial charge on any atom is 0.412 e. The first-order chi connectivity index (χ1) is 13.3. The van der Waals surface area contributed by atoms with Crippen LogP contribution < -0.4 is 10.1 Å². The van der Waals surface area contributed by atoms with Gasteiger partial charge in [-0.15, -0.1) is 0 Å². The molecule has 0 aliphatic rings. The number of carbonyl (C=O) groups excluding carboxylic acids is 2. The number of amides is 1. The SMILES string of the molecule is COC(=O)C(=Cc1cncc(OCc2ccccc2)c1)NC(=O)OC(C)(C)C. The number of pyridine rings is 1. The van der Waals surface area contributed by atoms with E-state index in [0.29, 0.717) is 17.9 Å². The first kappa shape index (κ1) is 21.0. The second kappa shape index (κ2) is 9.55. The van der Waals surface area contributed by atoms with Crippen molar-refractivity contribution >= 4 is 18.1 Å². The topological polar surface area (TPSA) is 86.8 Å². The summed E-state index contributed by atoms with van der Waals surface area (Å²) in [6.45, 7) is 5.57. The number of methoxy groups -OCH3 is 1. The molecule has 1 N–H and O–H groups in total. The Morgan fingerprint density at radius 2 is 1.86 bits per heavy atom. The first-order valence-electron chi connectivity index (χ1n) is 8.68. The van der Waals surface area contributed by atoms with Crippen molar-refractivity contribution in [3.63, 3.8) is 0 Å². The quantitative estimate of drug-likeness (QED) is 0.604. The lowest BCUT2D eigenvalue weighted by molar-refractivity contribution is -0.136. The van der Waals surface area contributed by atoms with Crippen LogP contribution in [0.3, 0.4) is 0 Å². The minimum atomic E-state index is -0.756. The molecule has 0 aliphatic heterocycles. The molecule has 0 spiro atoms. The monoisotopic (exact) mass is 384 g/mol. The zero-order valence-electron chi connectivity index (χ0n) is 16.4. The lowest BCUT2D eigenvalue weighted by Gasteiger charge is -2.20. The fraction of sp³-hybridized carbons (Fsp3) is 0.286. The fourth-order valence-corrected chi connectivity index (χ4v) is 2.17. The molecule has 1 amide bonds. The Labute approximate surface area is 164 Å². The van der Waals surface area contributed by atoms with E-state index < -0.39 is 17.7 Å². The number of aromatic nitrogens is 1. The molecule has 1 heterocycles. The second-order valence-corrected chi connectivity index (χ2v) is 6.90. The molecule has 0 unspecified atom stereocenters. The van der Waals surface area contributed by atoms with Gasteiger partial charge in [0.1, 0.15) is 23.7 Å². The number of nitrogens with one attached hydrogen (secondary N) is 1. The first-order valence-corrected chi connectivity index (χ1v) is 8.68. The van der Waals surface area contributed by atoms with E-state index in [2.05, 4.69) is 10.3 Å². The Bertz CT molecular complexity index is 841. The van der Waals surface area contributed by atoms with Crippen LogP contribution in [0, 0.1) is 0 Å². The van der Waals surface area contributed by atoms with Gasteiger partial charge in [0.15, 0.2) is 0 Å². The molecule has 2 rings (SSSR count). The molecule has 0 bridgehead atoms. The Hall–Kier alpha value is -3.35. The number of hydrogen-bond donors (Lipinski definition) is 1. The highest BCUT2D eigenvalue weighted by atomic mass is 16.6. The number of rotatable bonds is 6. The zero-order valence-corrected chi connectivity index (χ0v) is 16.4. The smallest absolute Gasteiger partial charge is 0.412 e. The Balaban J connectivity index is 2.14. The molecule has 0 saturated carbocycles. The fourth-order valence-electron chi connectivity index (χ4n) is 2.17. The van der Waals surface area contributed by atoms with Gasteiger partial charge in [-0.3, -0.25) is 10.3 Å². The van der Waals surface area contributed by atoms with E-state index in [1.54, 1.807) is 33.0 Å². The van der Waals surface area contributed by atoms with Gasteiger partial charge in [-0.25, -0.2) is 9.59 Å². The van der Waals surface area contributed by atoms with E-state index in [0.717, 1.165) is 5.56 Å². The molecule has 1 aromatic heterocycles. The van der Waals surface area contributed by atoms with Crippen molar-refractivity contribution in [2.75, 3.05) is 7.11 Å². The van der Waals surface area contributed by atoms with Crippen molar-refractivity contribution in [1.29, 1.82) is 0 Å². The Kier molecular flexibility index (Phi) is 7.14. The van der Waals surface area contributed by atoms with Gasteiger partial charge in [-0.1, -0.05) is 30.3 Å². The lowest BCUT2D eigenvalue weighted by Crippen LogP contribution is -2.34. The van der Waals surface area contributed by atoms with Crippen molar-refractivity contribution < 1.29 is 23.8 Å². The van der Waals surface area contributed by atoms with Crippen LogP contribution in [-0.4, -0.2) is 29.8 Å². The van der Waals surface area contributed by atoms with Gasteiger partial charge in [0.05, 0.1) is 13.3 Å². The standard InChI is InChI=1S/C21H24N2O5/c1-21(2,3)28-20(25)23-18(19(24)26-4)11-16-10-17(13-22-12-16)27-14-15-8-6-5-7-9-15/h5-13H,14H2,1-4H3,(H,23,25). The molecule has 0 aliphatic carbocycles. The third kappa shape index (κ3) is 7.11. The maximum atomic E-state index is 12.0. The average Bonchev–Trinajstić information content (AvgIpc) is 2.65. The van der Waals surface area contributed by atoms with E-state index in [9.17, 15) is 9.59 Å². The van der Waals surface area contributed by atoms with Gasteiger partial charge in [-0.2, -0.15) is 0 Å². The number of hydrogen-bond acceptors (Lipinski definition) is 6. The average molecular weight is 384 g/mol. The molecule has 0 fully saturated rings. The van der Waals surface area contributed by atoms with Gasteiger partial charge >= 0.3 is 12.1 Å². The number of alkyl carbamates (subject to hydrolysis) is 1. The van der Waals surface area contributed by atoms with Crippen LogP contribution in [0.2, 0.25) is 0 Å². The van der Waals surface area contributed by atoms with E-state index in [1.807, 2.05) is 30.3 Å². The van der Waals surface area contributed by atoms with Crippen molar-refractivity contribution in [3.8, 4) is 5.75 Å². The summed E-state index contributed by atoms with van der Waals surface area (Å²) in [5.74, 6) is -0.180. The van der Waals surface area contributed by atoms with Gasteiger partial charge < -0.3 is 14.2 Å². The van der Waals surface area contributed by atoms with Crippen LogP contribution in [0.1, 0.15) is 31.9 Å². The molecule has 1 aromatic carbocycles. The minimum Gasteiger partial charge on any atom is -0.487 e. The van der Waals surface area contributed by atoms with Gasteiger partial charge in [0.2, 0.25) is 0 Å². The molecule has 0 saturated heterocycles. The molecule has 7 nitrogen and oxygen atoms in total. The number of ether oxygens (including phenoxy) is 3. The highest BCUT2D eigenvalue weighted by Gasteiger charge is 2.20. The number of benzene rings is 1. The van der Waals surface area contributed by atoms with Crippen LogP contribution in [0.15, 0.2) is 54.5 Å². The van der Waals surface area contributed by atoms with Crippen LogP contribution in [0.25, 0.3) is 6.08 Å². The summed E-state index contributed by atoms with van der Waals surface area (Å²) < 4.78 is 15.6. The molecule has 148 valence electrons. The van der Waals surface area contributed by atoms with E-state index in [1.165, 1.54) is 19.4 Å². The Morgan fingerprint density at radius 1 is 1.14 bits per heavy atom. The zero-order chi connectivity index (χ0) is 20.6. The number of esters is 1. The third-order valence-electron chi connectivity index (χ3n) is 3.33. The summed E-state index contributed by atoms with van der Waals surface area (Å²) in [7, 11) is 1.23. The predicted molar refractivity (Wildman–Crippen MR) is 104 cm³/mol. The predicted octanol–water partition coefficient (Wildman–Crippen LogP) is 3.70. The molecule has 2 aromatic rings. The molecule has 28 heavy (non-hydrogen) atoms. The molecular weight excluding hydrogens is 360 g/mol. The van der Waals surface area contributed by atoms with E-state index in [4.69, 9.17) is 14.2 Å². The molecule has 0 atom stereocenters. The minimum absolute atomic E-state index is 0.0706. The normalized spacial score (nSPS) is 11.5. The van der Waals surface area contributed by atoms with E-state index in [-0.39, 0.29) is 5.70 Å². The highest BCUT2D eigenvalue weighted by molar-refractivity contribution is 5.96. The molecular formula is C21H24N2O5. The van der Waals surface area contributed by atoms with Gasteiger partial charge in [0, 0.05) is 6.20 Å². The van der Waals surface area contributed by atoms with Crippen molar-refractivity contribution in [2.45, 2.75) is 33.0 Å². The van der Waals surface area contributed by atoms with Crippen LogP contribution in [0.4, 0.5) is 4.79 Å². The maximum absolute atomic E-state index is 12.0. The molecule has 7 heteroatoms. The summed E-state index contributed by atoms with van der Waals surface area (Å²) in [6, 6.07) is 11.4. The van der Waals surface area contributed by atoms with E-state index >= 15 is 0 Å². The summed E-state index contributed by atoms with van der Waals surface area (Å²) in [5.41, 5.74) is 0.809. The lowest BCUT2D eigenvalue weighted by atomic mass is 10.2. The second-order valence-electron chi connectivity index (χ2n) is 6.90. The van der Waals surface area contributed by atoms with Crippen LogP contribution in [-0.2, 0) is 20.9 Å². The third-order valence-corrected chi connectivity index (χ3v) is 3.33. The van der Waals surface area contributed by atoms with Crippen LogP contribution in [0.5, 0.6) is 5.75 Å². The van der Waals surface area contributed by atoms with Crippen LogP contribution >= 0.6 is 0 Å². The van der Waals surface area contributed by atoms with Gasteiger partial charge in [-0.05, 0) is 44.0 Å². The van der Waals surface area contributed by atoms with Crippen molar-refractivity contribution in [3.05, 3.63) is 65.6 Å². The molecule has 0 radical (unpaired) electrons. The van der Waals surface area contributed by atoms with Crippen molar-refractivity contribution in [1.82, 2.24) is 10.3 Å². The summed E-state index contributed by atoms with van der Waals surface area (Å²) in [5, 5.41) is 2.41. The summed E-state index contributed by atoms with van der Waals surface area (Å²) >= 11 is 0.